The van der Waals surface area contributed by atoms with Crippen LogP contribution in [0.15, 0.2) is 24.3 Å². The monoisotopic (exact) mass is 498 g/mol. The average molecular weight is 499 g/mol. The van der Waals surface area contributed by atoms with Crippen LogP contribution < -0.4 is 9.47 Å². The molecule has 0 radical (unpaired) electrons. The molecule has 1 aromatic rings. The molecule has 0 aliphatic rings. The highest BCUT2D eigenvalue weighted by Crippen LogP contribution is 2.26. The van der Waals surface area contributed by atoms with Gasteiger partial charge >= 0.3 is 0 Å². The number of benzene rings is 1. The van der Waals surface area contributed by atoms with Crippen molar-refractivity contribution in [3.63, 3.8) is 0 Å². The van der Waals surface area contributed by atoms with Crippen LogP contribution in [0.5, 0.6) is 11.5 Å². The molecule has 0 spiro atoms. The Morgan fingerprint density at radius 1 is 0.406 bits per heavy atom. The highest BCUT2D eigenvalue weighted by atomic mass is 35.5. The van der Waals surface area contributed by atoms with Crippen LogP contribution in [0.25, 0.3) is 0 Å². The number of ether oxygens (including phenoxy) is 8. The summed E-state index contributed by atoms with van der Waals surface area (Å²) in [5.41, 5.74) is 0. The maximum atomic E-state index is 5.76. The lowest BCUT2D eigenvalue weighted by atomic mass is 10.3. The van der Waals surface area contributed by atoms with E-state index in [0.29, 0.717) is 116 Å². The fourth-order valence-electron chi connectivity index (χ4n) is 2.30. The molecule has 32 heavy (non-hydrogen) atoms. The van der Waals surface area contributed by atoms with Crippen molar-refractivity contribution < 1.29 is 37.9 Å². The third-order valence-corrected chi connectivity index (χ3v) is 4.06. The summed E-state index contributed by atoms with van der Waals surface area (Å²) in [5.74, 6) is 2.33. The van der Waals surface area contributed by atoms with Gasteiger partial charge in [0.1, 0.15) is 13.2 Å². The first-order valence-electron chi connectivity index (χ1n) is 10.8. The van der Waals surface area contributed by atoms with E-state index in [-0.39, 0.29) is 0 Å². The molecular formula is C22H36Cl2O8. The second kappa shape index (κ2) is 23.3. The number of para-hydroxylation sites is 2. The molecule has 0 N–H and O–H groups in total. The Labute approximate surface area is 201 Å². The van der Waals surface area contributed by atoms with Gasteiger partial charge in [-0.3, -0.25) is 0 Å². The summed E-state index contributed by atoms with van der Waals surface area (Å²) < 4.78 is 43.7. The lowest BCUT2D eigenvalue weighted by Gasteiger charge is -2.13. The molecule has 1 aromatic carbocycles. The van der Waals surface area contributed by atoms with Gasteiger partial charge in [0.15, 0.2) is 11.5 Å². The summed E-state index contributed by atoms with van der Waals surface area (Å²) in [5, 5.41) is 0. The molecule has 0 heterocycles. The van der Waals surface area contributed by atoms with Gasteiger partial charge in [-0.1, -0.05) is 12.1 Å². The van der Waals surface area contributed by atoms with Gasteiger partial charge in [-0.05, 0) is 12.1 Å². The van der Waals surface area contributed by atoms with Crippen molar-refractivity contribution in [2.75, 3.05) is 104 Å². The SMILES string of the molecule is ClCCOCCOCCOCCOc1ccccc1OCCOCCOCCOCCCl. The lowest BCUT2D eigenvalue weighted by Crippen LogP contribution is -2.14. The Balaban J connectivity index is 1.99. The van der Waals surface area contributed by atoms with Crippen LogP contribution in [0.3, 0.4) is 0 Å². The summed E-state index contributed by atoms with van der Waals surface area (Å²) in [4.78, 5) is 0. The number of halogens is 2. The predicted octanol–water partition coefficient (Wildman–Crippen LogP) is 3.02. The second-order valence-corrected chi connectivity index (χ2v) is 6.95. The molecule has 0 amide bonds. The van der Waals surface area contributed by atoms with Gasteiger partial charge in [-0.25, -0.2) is 0 Å². The summed E-state index contributed by atoms with van der Waals surface area (Å²) in [6.07, 6.45) is 0. The molecule has 0 aliphatic heterocycles. The minimum Gasteiger partial charge on any atom is -0.487 e. The smallest absolute Gasteiger partial charge is 0.161 e. The van der Waals surface area contributed by atoms with E-state index in [0.717, 1.165) is 0 Å². The van der Waals surface area contributed by atoms with Crippen LogP contribution >= 0.6 is 23.2 Å². The van der Waals surface area contributed by atoms with Crippen molar-refractivity contribution in [3.8, 4) is 11.5 Å². The van der Waals surface area contributed by atoms with E-state index < -0.39 is 0 Å². The number of hydrogen-bond acceptors (Lipinski definition) is 8. The maximum absolute atomic E-state index is 5.76. The normalized spacial score (nSPS) is 11.1. The summed E-state index contributed by atoms with van der Waals surface area (Å²) in [6.45, 7) is 6.99. The van der Waals surface area contributed by atoms with Gasteiger partial charge in [-0.15, -0.1) is 23.2 Å². The zero-order valence-corrected chi connectivity index (χ0v) is 20.2. The molecular weight excluding hydrogens is 463 g/mol. The third-order valence-electron chi connectivity index (χ3n) is 3.75. The van der Waals surface area contributed by atoms with Crippen molar-refractivity contribution in [1.29, 1.82) is 0 Å². The van der Waals surface area contributed by atoms with Crippen LogP contribution in [0.1, 0.15) is 0 Å². The van der Waals surface area contributed by atoms with Gasteiger partial charge in [-0.2, -0.15) is 0 Å². The Hall–Kier alpha value is -0.840. The zero-order chi connectivity index (χ0) is 23.0. The van der Waals surface area contributed by atoms with Crippen molar-refractivity contribution >= 4 is 23.2 Å². The Kier molecular flexibility index (Phi) is 21.3. The molecule has 10 heteroatoms. The van der Waals surface area contributed by atoms with Gasteiger partial charge < -0.3 is 37.9 Å². The quantitative estimate of drug-likeness (QED) is 0.159. The largest absolute Gasteiger partial charge is 0.487 e. The minimum absolute atomic E-state index is 0.418. The Morgan fingerprint density at radius 3 is 1.00 bits per heavy atom. The minimum atomic E-state index is 0.418. The van der Waals surface area contributed by atoms with Gasteiger partial charge in [0.25, 0.3) is 0 Å². The van der Waals surface area contributed by atoms with Crippen LogP contribution in [0.4, 0.5) is 0 Å². The van der Waals surface area contributed by atoms with Crippen molar-refractivity contribution in [2.24, 2.45) is 0 Å². The van der Waals surface area contributed by atoms with E-state index in [1.165, 1.54) is 0 Å². The first-order chi connectivity index (χ1) is 15.9. The van der Waals surface area contributed by atoms with E-state index in [4.69, 9.17) is 61.1 Å². The molecule has 0 aromatic heterocycles. The molecule has 186 valence electrons. The van der Waals surface area contributed by atoms with E-state index in [2.05, 4.69) is 0 Å². The zero-order valence-electron chi connectivity index (χ0n) is 18.6. The van der Waals surface area contributed by atoms with Crippen LogP contribution in [0.2, 0.25) is 0 Å². The maximum Gasteiger partial charge on any atom is 0.161 e. The second-order valence-electron chi connectivity index (χ2n) is 6.20. The first-order valence-corrected chi connectivity index (χ1v) is 11.9. The van der Waals surface area contributed by atoms with Crippen molar-refractivity contribution in [2.45, 2.75) is 0 Å². The summed E-state index contributed by atoms with van der Waals surface area (Å²) in [7, 11) is 0. The molecule has 1 rings (SSSR count). The molecule has 0 unspecified atom stereocenters. The van der Waals surface area contributed by atoms with Gasteiger partial charge in [0, 0.05) is 11.8 Å². The van der Waals surface area contributed by atoms with E-state index in [1.54, 1.807) is 0 Å². The van der Waals surface area contributed by atoms with E-state index in [1.807, 2.05) is 24.3 Å². The van der Waals surface area contributed by atoms with Crippen molar-refractivity contribution in [1.82, 2.24) is 0 Å². The summed E-state index contributed by atoms with van der Waals surface area (Å²) in [6, 6.07) is 7.52. The molecule has 0 saturated heterocycles. The van der Waals surface area contributed by atoms with E-state index >= 15 is 0 Å². The van der Waals surface area contributed by atoms with Crippen LogP contribution in [-0.2, 0) is 28.4 Å². The van der Waals surface area contributed by atoms with E-state index in [9.17, 15) is 0 Å². The van der Waals surface area contributed by atoms with Crippen LogP contribution in [-0.4, -0.2) is 104 Å². The first kappa shape index (κ1) is 29.2. The Morgan fingerprint density at radius 2 is 0.688 bits per heavy atom. The van der Waals surface area contributed by atoms with Gasteiger partial charge in [0.2, 0.25) is 0 Å². The van der Waals surface area contributed by atoms with Crippen LogP contribution in [0, 0.1) is 0 Å². The lowest BCUT2D eigenvalue weighted by molar-refractivity contribution is 0.0100. The predicted molar refractivity (Wildman–Crippen MR) is 124 cm³/mol. The molecule has 0 atom stereocenters. The number of hydrogen-bond donors (Lipinski definition) is 0. The fourth-order valence-corrected chi connectivity index (χ4v) is 2.52. The molecule has 0 saturated carbocycles. The Bertz CT molecular complexity index is 479. The standard InChI is InChI=1S/C22H36Cl2O8/c23-5-7-25-9-11-27-13-15-29-17-19-31-21-3-1-2-4-22(21)32-20-18-30-16-14-28-12-10-26-8-6-24/h1-4H,5-20H2. The highest BCUT2D eigenvalue weighted by Gasteiger charge is 2.04. The van der Waals surface area contributed by atoms with Crippen molar-refractivity contribution in [3.05, 3.63) is 24.3 Å². The molecule has 0 aliphatic carbocycles. The molecule has 8 nitrogen and oxygen atoms in total. The van der Waals surface area contributed by atoms with Gasteiger partial charge in [0.05, 0.1) is 79.3 Å². The number of rotatable bonds is 24. The molecule has 0 fully saturated rings. The third kappa shape index (κ3) is 17.7. The molecule has 0 bridgehead atoms. The highest BCUT2D eigenvalue weighted by molar-refractivity contribution is 6.18. The summed E-state index contributed by atoms with van der Waals surface area (Å²) >= 11 is 11.0. The number of alkyl halides is 2. The average Bonchev–Trinajstić information content (AvgIpc) is 2.81. The fraction of sp³-hybridized carbons (Fsp3) is 0.727. The topological polar surface area (TPSA) is 73.8 Å².